The van der Waals surface area contributed by atoms with Gasteiger partial charge in [0.05, 0.1) is 17.5 Å². The molecule has 27 heavy (non-hydrogen) atoms. The number of aromatic nitrogens is 2. The molecule has 1 aromatic carbocycles. The van der Waals surface area contributed by atoms with E-state index >= 15 is 0 Å². The van der Waals surface area contributed by atoms with Gasteiger partial charge in [-0.3, -0.25) is 9.36 Å². The number of benzene rings is 1. The average molecular weight is 386 g/mol. The predicted molar refractivity (Wildman–Crippen MR) is 107 cm³/mol. The Kier molecular flexibility index (Phi) is 4.80. The van der Waals surface area contributed by atoms with E-state index in [0.29, 0.717) is 17.8 Å². The van der Waals surface area contributed by atoms with Crippen molar-refractivity contribution in [2.75, 3.05) is 12.4 Å². The first-order valence-corrected chi connectivity index (χ1v) is 10.5. The monoisotopic (exact) mass is 385 g/mol. The fourth-order valence-corrected chi connectivity index (χ4v) is 5.32. The van der Waals surface area contributed by atoms with Gasteiger partial charge in [0.2, 0.25) is 5.91 Å². The molecule has 0 radical (unpaired) electrons. The Hall–Kier alpha value is -1.79. The molecule has 2 aliphatic rings. The SMILES string of the molecule is Cc1cccc(-n2ccnc2SCC(=O)N[C@@H]2[C@H]3CCO[C@@H]3C2(C)C)c1C. The van der Waals surface area contributed by atoms with Gasteiger partial charge in [0.25, 0.3) is 0 Å². The Bertz CT molecular complexity index is 861. The van der Waals surface area contributed by atoms with E-state index in [4.69, 9.17) is 4.74 Å². The van der Waals surface area contributed by atoms with Gasteiger partial charge in [-0.05, 0) is 37.5 Å². The molecule has 4 rings (SSSR count). The molecule has 1 saturated heterocycles. The average Bonchev–Trinajstić information content (AvgIpc) is 3.28. The number of nitrogens with one attached hydrogen (secondary N) is 1. The fraction of sp³-hybridized carbons (Fsp3) is 0.524. The van der Waals surface area contributed by atoms with E-state index in [0.717, 1.165) is 23.9 Å². The largest absolute Gasteiger partial charge is 0.377 e. The molecule has 1 aromatic heterocycles. The number of ether oxygens (including phenoxy) is 1. The van der Waals surface area contributed by atoms with Gasteiger partial charge >= 0.3 is 0 Å². The molecule has 0 unspecified atom stereocenters. The van der Waals surface area contributed by atoms with Crippen LogP contribution in [0.25, 0.3) is 5.69 Å². The second-order valence-electron chi connectivity index (χ2n) is 8.20. The van der Waals surface area contributed by atoms with Gasteiger partial charge in [0, 0.05) is 36.4 Å². The molecule has 2 aromatic rings. The Morgan fingerprint density at radius 3 is 3.04 bits per heavy atom. The van der Waals surface area contributed by atoms with Gasteiger partial charge in [0.1, 0.15) is 0 Å². The van der Waals surface area contributed by atoms with Crippen LogP contribution >= 0.6 is 11.8 Å². The maximum absolute atomic E-state index is 12.6. The van der Waals surface area contributed by atoms with Crippen molar-refractivity contribution in [2.45, 2.75) is 51.4 Å². The Balaban J connectivity index is 1.41. The number of aryl methyl sites for hydroxylation is 1. The molecule has 3 atom stereocenters. The zero-order valence-corrected chi connectivity index (χ0v) is 17.2. The van der Waals surface area contributed by atoms with Crippen LogP contribution in [0.3, 0.4) is 0 Å². The van der Waals surface area contributed by atoms with Gasteiger partial charge < -0.3 is 10.1 Å². The van der Waals surface area contributed by atoms with Crippen molar-refractivity contribution in [3.8, 4) is 5.69 Å². The van der Waals surface area contributed by atoms with Crippen LogP contribution in [0.5, 0.6) is 0 Å². The van der Waals surface area contributed by atoms with E-state index in [-0.39, 0.29) is 17.4 Å². The van der Waals surface area contributed by atoms with Crippen molar-refractivity contribution in [2.24, 2.45) is 11.3 Å². The summed E-state index contributed by atoms with van der Waals surface area (Å²) in [5, 5.41) is 4.08. The molecule has 1 aliphatic heterocycles. The van der Waals surface area contributed by atoms with Crippen molar-refractivity contribution >= 4 is 17.7 Å². The third-order valence-electron chi connectivity index (χ3n) is 6.19. The number of rotatable bonds is 5. The summed E-state index contributed by atoms with van der Waals surface area (Å²) in [6.45, 7) is 9.41. The molecule has 144 valence electrons. The Morgan fingerprint density at radius 2 is 2.22 bits per heavy atom. The number of hydrogen-bond donors (Lipinski definition) is 1. The number of nitrogens with zero attached hydrogens (tertiary/aromatic N) is 2. The van der Waals surface area contributed by atoms with E-state index in [1.807, 2.05) is 6.20 Å². The van der Waals surface area contributed by atoms with Gasteiger partial charge in [0.15, 0.2) is 5.16 Å². The lowest BCUT2D eigenvalue weighted by atomic mass is 9.57. The van der Waals surface area contributed by atoms with Crippen molar-refractivity contribution < 1.29 is 9.53 Å². The topological polar surface area (TPSA) is 56.2 Å². The second-order valence-corrected chi connectivity index (χ2v) is 9.14. The molecule has 2 fully saturated rings. The lowest BCUT2D eigenvalue weighted by molar-refractivity contribution is -0.135. The molecule has 1 saturated carbocycles. The first-order valence-electron chi connectivity index (χ1n) is 9.53. The molecule has 2 heterocycles. The highest BCUT2D eigenvalue weighted by Crippen LogP contribution is 2.52. The van der Waals surface area contributed by atoms with Crippen LogP contribution in [0.1, 0.15) is 31.4 Å². The number of carbonyl (C=O) groups is 1. The van der Waals surface area contributed by atoms with Crippen LogP contribution in [0, 0.1) is 25.2 Å². The van der Waals surface area contributed by atoms with E-state index in [1.165, 1.54) is 22.9 Å². The van der Waals surface area contributed by atoms with E-state index in [2.05, 4.69) is 60.8 Å². The lowest BCUT2D eigenvalue weighted by Gasteiger charge is -2.54. The van der Waals surface area contributed by atoms with Crippen molar-refractivity contribution in [1.29, 1.82) is 0 Å². The van der Waals surface area contributed by atoms with Crippen molar-refractivity contribution in [3.63, 3.8) is 0 Å². The summed E-state index contributed by atoms with van der Waals surface area (Å²) in [4.78, 5) is 17.0. The highest BCUT2D eigenvalue weighted by molar-refractivity contribution is 7.99. The smallest absolute Gasteiger partial charge is 0.230 e. The highest BCUT2D eigenvalue weighted by Gasteiger charge is 2.59. The second kappa shape index (κ2) is 6.99. The van der Waals surface area contributed by atoms with Gasteiger partial charge in [-0.25, -0.2) is 4.98 Å². The van der Waals surface area contributed by atoms with Gasteiger partial charge in [-0.1, -0.05) is 37.7 Å². The molecule has 6 heteroatoms. The molecular weight excluding hydrogens is 358 g/mol. The zero-order valence-electron chi connectivity index (χ0n) is 16.4. The first kappa shape index (κ1) is 18.6. The van der Waals surface area contributed by atoms with E-state index in [1.54, 1.807) is 6.20 Å². The minimum atomic E-state index is 0.0125. The number of fused-ring (bicyclic) bond motifs is 1. The molecule has 1 N–H and O–H groups in total. The van der Waals surface area contributed by atoms with Crippen LogP contribution in [0.4, 0.5) is 0 Å². The molecule has 1 aliphatic carbocycles. The minimum Gasteiger partial charge on any atom is -0.377 e. The summed E-state index contributed by atoms with van der Waals surface area (Å²) < 4.78 is 7.88. The quantitative estimate of drug-likeness (QED) is 0.800. The van der Waals surface area contributed by atoms with Crippen LogP contribution < -0.4 is 5.32 Å². The summed E-state index contributed by atoms with van der Waals surface area (Å²) in [7, 11) is 0. The Morgan fingerprint density at radius 1 is 1.41 bits per heavy atom. The lowest BCUT2D eigenvalue weighted by Crippen LogP contribution is -2.66. The van der Waals surface area contributed by atoms with Crippen LogP contribution in [0.2, 0.25) is 0 Å². The summed E-state index contributed by atoms with van der Waals surface area (Å²) in [6.07, 6.45) is 5.08. The van der Waals surface area contributed by atoms with Crippen LogP contribution in [-0.2, 0) is 9.53 Å². The number of hydrogen-bond acceptors (Lipinski definition) is 4. The maximum atomic E-state index is 12.6. The predicted octanol–water partition coefficient (Wildman–Crippen LogP) is 3.51. The number of carbonyl (C=O) groups excluding carboxylic acids is 1. The highest BCUT2D eigenvalue weighted by atomic mass is 32.2. The first-order chi connectivity index (χ1) is 12.9. The zero-order chi connectivity index (χ0) is 19.2. The minimum absolute atomic E-state index is 0.0125. The third-order valence-corrected chi connectivity index (χ3v) is 7.16. The van der Waals surface area contributed by atoms with Crippen LogP contribution in [0.15, 0.2) is 35.7 Å². The fourth-order valence-electron chi connectivity index (χ4n) is 4.54. The van der Waals surface area contributed by atoms with Crippen molar-refractivity contribution in [3.05, 3.63) is 41.7 Å². The normalized spacial score (nSPS) is 25.7. The molecule has 5 nitrogen and oxygen atoms in total. The van der Waals surface area contributed by atoms with Gasteiger partial charge in [-0.2, -0.15) is 0 Å². The third kappa shape index (κ3) is 3.19. The molecule has 0 bridgehead atoms. The number of amides is 1. The summed E-state index contributed by atoms with van der Waals surface area (Å²) >= 11 is 1.48. The number of thioether (sulfide) groups is 1. The molecule has 0 spiro atoms. The molecule has 1 amide bonds. The van der Waals surface area contributed by atoms with E-state index in [9.17, 15) is 4.79 Å². The van der Waals surface area contributed by atoms with Crippen LogP contribution in [-0.4, -0.2) is 40.0 Å². The van der Waals surface area contributed by atoms with Gasteiger partial charge in [-0.15, -0.1) is 0 Å². The number of imidazole rings is 1. The maximum Gasteiger partial charge on any atom is 0.230 e. The van der Waals surface area contributed by atoms with E-state index < -0.39 is 0 Å². The Labute approximate surface area is 164 Å². The summed E-state index contributed by atoms with van der Waals surface area (Å²) in [6, 6.07) is 6.45. The summed E-state index contributed by atoms with van der Waals surface area (Å²) in [5.74, 6) is 0.900. The summed E-state index contributed by atoms with van der Waals surface area (Å²) in [5.41, 5.74) is 3.60. The standard InChI is InChI=1S/C21H27N3O2S/c1-13-6-5-7-16(14(13)2)24-10-9-22-20(24)27-12-17(25)23-18-15-8-11-26-19(15)21(18,3)4/h5-7,9-10,15,18-19H,8,11-12H2,1-4H3,(H,23,25)/t15-,18-,19+/m1/s1. The molecular formula is C21H27N3O2S. The van der Waals surface area contributed by atoms with Crippen molar-refractivity contribution in [1.82, 2.24) is 14.9 Å².